The van der Waals surface area contributed by atoms with Crippen LogP contribution in [0, 0.1) is 0 Å². The molecule has 0 aromatic heterocycles. The molecule has 2 aliphatic rings. The largest absolute Gasteiger partial charge is 0.490 e. The van der Waals surface area contributed by atoms with E-state index in [9.17, 15) is 13.2 Å². The quantitative estimate of drug-likeness (QED) is 0.602. The molecule has 0 radical (unpaired) electrons. The van der Waals surface area contributed by atoms with Crippen molar-refractivity contribution in [1.29, 1.82) is 0 Å². The van der Waals surface area contributed by atoms with Crippen molar-refractivity contribution < 1.29 is 22.7 Å². The highest BCUT2D eigenvalue weighted by Crippen LogP contribution is 2.49. The molecule has 0 fully saturated rings. The zero-order valence-electron chi connectivity index (χ0n) is 18.6. The van der Waals surface area contributed by atoms with Crippen LogP contribution in [-0.4, -0.2) is 42.0 Å². The molecule has 0 saturated carbocycles. The Labute approximate surface area is 178 Å². The van der Waals surface area contributed by atoms with Gasteiger partial charge in [0.05, 0.1) is 11.4 Å². The van der Waals surface area contributed by atoms with Crippen molar-refractivity contribution in [2.45, 2.75) is 82.1 Å². The minimum atomic E-state index is -3.79. The second-order valence-corrected chi connectivity index (χ2v) is 12.4. The fraction of sp³-hybridized carbons (Fsp3) is 0.619. The fourth-order valence-electron chi connectivity index (χ4n) is 4.01. The van der Waals surface area contributed by atoms with Crippen LogP contribution in [0.15, 0.2) is 23.2 Å². The summed E-state index contributed by atoms with van der Waals surface area (Å²) in [6.07, 6.45) is -0.821. The van der Waals surface area contributed by atoms with E-state index in [1.54, 1.807) is 59.7 Å². The first-order valence-electron chi connectivity index (χ1n) is 9.98. The van der Waals surface area contributed by atoms with Crippen LogP contribution >= 0.6 is 0 Å². The molecular formula is C21H31N3O5S. The number of nitrogens with zero attached hydrogens (tertiary/aromatic N) is 1. The van der Waals surface area contributed by atoms with E-state index in [1.807, 2.05) is 6.92 Å². The maximum absolute atomic E-state index is 13.8. The number of fused-ring (bicyclic) bond motifs is 3. The Bertz CT molecular complexity index is 1010. The van der Waals surface area contributed by atoms with E-state index in [2.05, 4.69) is 5.32 Å². The fourth-order valence-corrected chi connectivity index (χ4v) is 6.40. The van der Waals surface area contributed by atoms with E-state index >= 15 is 0 Å². The van der Waals surface area contributed by atoms with Crippen LogP contribution in [0.3, 0.4) is 0 Å². The minimum absolute atomic E-state index is 0.0402. The predicted octanol–water partition coefficient (Wildman–Crippen LogP) is 3.15. The summed E-state index contributed by atoms with van der Waals surface area (Å²) in [6, 6.07) is 5.14. The Kier molecular flexibility index (Phi) is 5.13. The Balaban J connectivity index is 2.21. The Morgan fingerprint density at radius 3 is 2.53 bits per heavy atom. The van der Waals surface area contributed by atoms with E-state index in [-0.39, 0.29) is 18.4 Å². The van der Waals surface area contributed by atoms with Gasteiger partial charge < -0.3 is 15.2 Å². The number of ether oxygens (including phenoxy) is 2. The maximum Gasteiger partial charge on any atom is 0.413 e. The Morgan fingerprint density at radius 2 is 1.93 bits per heavy atom. The molecule has 30 heavy (non-hydrogen) atoms. The molecule has 0 bridgehead atoms. The molecule has 1 aromatic rings. The highest BCUT2D eigenvalue weighted by Gasteiger charge is 2.59. The molecule has 9 heteroatoms. The number of nitrogens with one attached hydrogen (secondary N) is 1. The first-order chi connectivity index (χ1) is 13.6. The number of hydrogen-bond acceptors (Lipinski definition) is 7. The Hall–Kier alpha value is -2.29. The third kappa shape index (κ3) is 3.64. The third-order valence-corrected chi connectivity index (χ3v) is 8.69. The van der Waals surface area contributed by atoms with Crippen molar-refractivity contribution in [3.63, 3.8) is 0 Å². The van der Waals surface area contributed by atoms with E-state index in [0.29, 0.717) is 17.0 Å². The number of sulfone groups is 1. The molecule has 3 rings (SSSR count). The lowest BCUT2D eigenvalue weighted by Gasteiger charge is -2.44. The predicted molar refractivity (Wildman–Crippen MR) is 117 cm³/mol. The number of rotatable bonds is 0. The van der Waals surface area contributed by atoms with Crippen LogP contribution in [0.25, 0.3) is 0 Å². The SMILES string of the molecule is CC1CC2C(C)(N=C(NC(=O)OC(C)(C)C)C(C)(C)S2(=O)=O)c2cc(N)ccc2O1. The molecule has 2 aliphatic heterocycles. The van der Waals surface area contributed by atoms with Gasteiger partial charge in [0.2, 0.25) is 0 Å². The molecule has 1 aromatic carbocycles. The van der Waals surface area contributed by atoms with Gasteiger partial charge in [0.1, 0.15) is 27.5 Å². The van der Waals surface area contributed by atoms with Crippen molar-refractivity contribution in [1.82, 2.24) is 5.32 Å². The maximum atomic E-state index is 13.8. The first-order valence-corrected chi connectivity index (χ1v) is 11.5. The van der Waals surface area contributed by atoms with Crippen LogP contribution in [0.2, 0.25) is 0 Å². The number of benzene rings is 1. The lowest BCUT2D eigenvalue weighted by atomic mass is 9.85. The van der Waals surface area contributed by atoms with Crippen LogP contribution in [-0.2, 0) is 20.1 Å². The van der Waals surface area contributed by atoms with E-state index in [1.165, 1.54) is 0 Å². The van der Waals surface area contributed by atoms with E-state index < -0.39 is 37.1 Å². The van der Waals surface area contributed by atoms with Gasteiger partial charge in [-0.15, -0.1) is 0 Å². The van der Waals surface area contributed by atoms with Crippen LogP contribution < -0.4 is 15.8 Å². The number of nitrogens with two attached hydrogens (primary N) is 1. The van der Waals surface area contributed by atoms with Gasteiger partial charge in [-0.1, -0.05) is 0 Å². The number of alkyl carbamates (subject to hydrolysis) is 1. The summed E-state index contributed by atoms with van der Waals surface area (Å²) in [6.45, 7) is 11.9. The number of hydrogen-bond donors (Lipinski definition) is 2. The van der Waals surface area contributed by atoms with Crippen molar-refractivity contribution in [2.75, 3.05) is 5.73 Å². The molecule has 3 N–H and O–H groups in total. The van der Waals surface area contributed by atoms with E-state index in [0.717, 1.165) is 0 Å². The number of aliphatic imine (C=N–C) groups is 1. The molecular weight excluding hydrogens is 406 g/mol. The molecule has 8 nitrogen and oxygen atoms in total. The number of amides is 1. The molecule has 1 amide bonds. The first kappa shape index (κ1) is 22.4. The average Bonchev–Trinajstić information content (AvgIpc) is 2.67. The van der Waals surface area contributed by atoms with Crippen molar-refractivity contribution in [3.05, 3.63) is 23.8 Å². The molecule has 0 spiro atoms. The molecule has 3 unspecified atom stereocenters. The van der Waals surface area contributed by atoms with E-state index in [4.69, 9.17) is 20.2 Å². The molecule has 3 atom stereocenters. The summed E-state index contributed by atoms with van der Waals surface area (Å²) >= 11 is 0. The van der Waals surface area contributed by atoms with Gasteiger partial charge in [0.15, 0.2) is 9.84 Å². The Morgan fingerprint density at radius 1 is 1.30 bits per heavy atom. The van der Waals surface area contributed by atoms with Crippen LogP contribution in [0.1, 0.15) is 60.5 Å². The summed E-state index contributed by atoms with van der Waals surface area (Å²) in [7, 11) is -3.79. The molecule has 0 aliphatic carbocycles. The van der Waals surface area contributed by atoms with Gasteiger partial charge >= 0.3 is 6.09 Å². The molecule has 0 saturated heterocycles. The minimum Gasteiger partial charge on any atom is -0.490 e. The summed E-state index contributed by atoms with van der Waals surface area (Å²) < 4.78 is 37.5. The third-order valence-electron chi connectivity index (χ3n) is 5.67. The van der Waals surface area contributed by atoms with Crippen molar-refractivity contribution >= 4 is 27.5 Å². The molecule has 166 valence electrons. The highest BCUT2D eigenvalue weighted by molar-refractivity contribution is 7.94. The number of carbonyl (C=O) groups is 1. The van der Waals surface area contributed by atoms with Crippen molar-refractivity contribution in [2.24, 2.45) is 4.99 Å². The second kappa shape index (κ2) is 6.87. The second-order valence-electron chi connectivity index (χ2n) is 9.70. The van der Waals surface area contributed by atoms with Crippen LogP contribution in [0.4, 0.5) is 10.5 Å². The zero-order chi connectivity index (χ0) is 22.7. The van der Waals surface area contributed by atoms with Gasteiger partial charge in [0, 0.05) is 17.7 Å². The van der Waals surface area contributed by atoms with Gasteiger partial charge in [-0.25, -0.2) is 13.2 Å². The van der Waals surface area contributed by atoms with Gasteiger partial charge in [-0.2, -0.15) is 0 Å². The van der Waals surface area contributed by atoms with Gasteiger partial charge in [-0.3, -0.25) is 10.3 Å². The number of nitrogen functional groups attached to an aromatic ring is 1. The normalized spacial score (nSPS) is 29.4. The highest BCUT2D eigenvalue weighted by atomic mass is 32.2. The smallest absolute Gasteiger partial charge is 0.413 e. The van der Waals surface area contributed by atoms with Gasteiger partial charge in [-0.05, 0) is 66.7 Å². The topological polar surface area (TPSA) is 120 Å². The number of carbonyl (C=O) groups excluding carboxylic acids is 1. The summed E-state index contributed by atoms with van der Waals surface area (Å²) in [5, 5.41) is 1.75. The summed E-state index contributed by atoms with van der Waals surface area (Å²) in [5.74, 6) is 0.579. The zero-order valence-corrected chi connectivity index (χ0v) is 19.4. The standard InChI is InChI=1S/C21H31N3O5S/c1-12-10-16-21(7,14-11-13(22)8-9-15(14)28-12)24-17(20(5,6)30(16,26)27)23-18(25)29-19(2,3)4/h8-9,11-12,16H,10,22H2,1-7H3,(H,23,24,25). The average molecular weight is 438 g/mol. The number of anilines is 1. The number of amidine groups is 1. The van der Waals surface area contributed by atoms with Gasteiger partial charge in [0.25, 0.3) is 0 Å². The summed E-state index contributed by atoms with van der Waals surface area (Å²) in [4.78, 5) is 17.3. The lowest BCUT2D eigenvalue weighted by Crippen LogP contribution is -2.62. The summed E-state index contributed by atoms with van der Waals surface area (Å²) in [5.41, 5.74) is 5.15. The van der Waals surface area contributed by atoms with Crippen molar-refractivity contribution in [3.8, 4) is 5.75 Å². The molecule has 2 heterocycles. The van der Waals surface area contributed by atoms with Crippen LogP contribution in [0.5, 0.6) is 5.75 Å². The lowest BCUT2D eigenvalue weighted by molar-refractivity contribution is 0.0560. The monoisotopic (exact) mass is 437 g/mol.